The third-order valence-electron chi connectivity index (χ3n) is 2.01. The molecule has 3 heteroatoms. The molecule has 70 valence electrons. The van der Waals surface area contributed by atoms with E-state index in [1.54, 1.807) is 0 Å². The van der Waals surface area contributed by atoms with Crippen LogP contribution >= 0.6 is 0 Å². The molecule has 2 heterocycles. The Labute approximate surface area is 77.5 Å². The van der Waals surface area contributed by atoms with Crippen LogP contribution < -0.4 is 15.2 Å². The SMILES string of the molecule is CC(N)Cc1cc2ccc1OCO2. The molecular formula is C10H13NO2. The van der Waals surface area contributed by atoms with Crippen LogP contribution in [0.15, 0.2) is 18.2 Å². The average Bonchev–Trinajstić information content (AvgIpc) is 2.36. The Bertz CT molecular complexity index is 310. The highest BCUT2D eigenvalue weighted by Crippen LogP contribution is 2.28. The Hall–Kier alpha value is -1.22. The van der Waals surface area contributed by atoms with Crippen LogP contribution in [0.5, 0.6) is 11.5 Å². The first-order valence-electron chi connectivity index (χ1n) is 4.40. The molecule has 0 saturated heterocycles. The summed E-state index contributed by atoms with van der Waals surface area (Å²) in [4.78, 5) is 0. The van der Waals surface area contributed by atoms with Crippen LogP contribution in [0, 0.1) is 0 Å². The second-order valence-corrected chi connectivity index (χ2v) is 3.36. The first-order chi connectivity index (χ1) is 6.25. The molecule has 0 amide bonds. The van der Waals surface area contributed by atoms with E-state index >= 15 is 0 Å². The lowest BCUT2D eigenvalue weighted by Crippen LogP contribution is -2.18. The van der Waals surface area contributed by atoms with Crippen LogP contribution in [-0.4, -0.2) is 12.8 Å². The van der Waals surface area contributed by atoms with Gasteiger partial charge in [0.25, 0.3) is 0 Å². The predicted molar refractivity (Wildman–Crippen MR) is 49.9 cm³/mol. The normalized spacial score (nSPS) is 15.8. The molecule has 1 unspecified atom stereocenters. The fraction of sp³-hybridized carbons (Fsp3) is 0.400. The van der Waals surface area contributed by atoms with Crippen molar-refractivity contribution in [3.63, 3.8) is 0 Å². The molecular weight excluding hydrogens is 166 g/mol. The number of benzene rings is 1. The highest BCUT2D eigenvalue weighted by atomic mass is 16.7. The highest BCUT2D eigenvalue weighted by Gasteiger charge is 2.11. The van der Waals surface area contributed by atoms with E-state index in [2.05, 4.69) is 0 Å². The van der Waals surface area contributed by atoms with Gasteiger partial charge in [-0.1, -0.05) is 0 Å². The molecule has 1 aromatic carbocycles. The van der Waals surface area contributed by atoms with Crippen molar-refractivity contribution in [2.75, 3.05) is 6.79 Å². The molecule has 13 heavy (non-hydrogen) atoms. The van der Waals surface area contributed by atoms with Crippen LogP contribution in [0.2, 0.25) is 0 Å². The van der Waals surface area contributed by atoms with Crippen molar-refractivity contribution in [1.29, 1.82) is 0 Å². The van der Waals surface area contributed by atoms with E-state index in [9.17, 15) is 0 Å². The summed E-state index contributed by atoms with van der Waals surface area (Å²) in [5.74, 6) is 1.75. The summed E-state index contributed by atoms with van der Waals surface area (Å²) >= 11 is 0. The van der Waals surface area contributed by atoms with Gasteiger partial charge in [0.15, 0.2) is 0 Å². The number of rotatable bonds is 2. The van der Waals surface area contributed by atoms with Gasteiger partial charge in [0.1, 0.15) is 11.5 Å². The van der Waals surface area contributed by atoms with Gasteiger partial charge in [-0.3, -0.25) is 0 Å². The van der Waals surface area contributed by atoms with E-state index in [1.165, 1.54) is 0 Å². The summed E-state index contributed by atoms with van der Waals surface area (Å²) in [5.41, 5.74) is 6.85. The molecule has 0 aliphatic carbocycles. The maximum atomic E-state index is 5.72. The molecule has 0 spiro atoms. The Kier molecular flexibility index (Phi) is 2.10. The van der Waals surface area contributed by atoms with E-state index in [0.29, 0.717) is 6.79 Å². The van der Waals surface area contributed by atoms with Crippen LogP contribution in [0.25, 0.3) is 0 Å². The van der Waals surface area contributed by atoms with Gasteiger partial charge < -0.3 is 15.2 Å². The fourth-order valence-electron chi connectivity index (χ4n) is 1.45. The van der Waals surface area contributed by atoms with Crippen LogP contribution in [0.4, 0.5) is 0 Å². The van der Waals surface area contributed by atoms with Gasteiger partial charge in [-0.2, -0.15) is 0 Å². The Balaban J connectivity index is 2.31. The van der Waals surface area contributed by atoms with Crippen molar-refractivity contribution in [1.82, 2.24) is 0 Å². The monoisotopic (exact) mass is 179 g/mol. The Morgan fingerprint density at radius 3 is 3.08 bits per heavy atom. The minimum absolute atomic E-state index is 0.149. The number of hydrogen-bond acceptors (Lipinski definition) is 3. The van der Waals surface area contributed by atoms with E-state index < -0.39 is 0 Å². The van der Waals surface area contributed by atoms with Crippen molar-refractivity contribution < 1.29 is 9.47 Å². The number of ether oxygens (including phenoxy) is 2. The summed E-state index contributed by atoms with van der Waals surface area (Å²) in [6.45, 7) is 2.28. The van der Waals surface area contributed by atoms with Gasteiger partial charge in [-0.25, -0.2) is 0 Å². The Morgan fingerprint density at radius 2 is 2.31 bits per heavy atom. The van der Waals surface area contributed by atoms with Gasteiger partial charge in [0.05, 0.1) is 0 Å². The summed E-state index contributed by atoms with van der Waals surface area (Å²) in [7, 11) is 0. The van der Waals surface area contributed by atoms with Crippen molar-refractivity contribution in [3.8, 4) is 11.5 Å². The minimum Gasteiger partial charge on any atom is -0.457 e. The summed E-state index contributed by atoms with van der Waals surface area (Å²) in [6.07, 6.45) is 0.826. The third kappa shape index (κ3) is 1.75. The zero-order valence-electron chi connectivity index (χ0n) is 7.62. The first kappa shape index (κ1) is 8.38. The van der Waals surface area contributed by atoms with E-state index in [4.69, 9.17) is 15.2 Å². The maximum Gasteiger partial charge on any atom is 0.230 e. The molecule has 2 bridgehead atoms. The van der Waals surface area contributed by atoms with Crippen molar-refractivity contribution >= 4 is 0 Å². The maximum absolute atomic E-state index is 5.72. The lowest BCUT2D eigenvalue weighted by atomic mass is 10.1. The largest absolute Gasteiger partial charge is 0.457 e. The second kappa shape index (κ2) is 3.26. The van der Waals surface area contributed by atoms with Gasteiger partial charge in [-0.15, -0.1) is 0 Å². The zero-order chi connectivity index (χ0) is 9.26. The molecule has 3 rings (SSSR count). The number of hydrogen-bond donors (Lipinski definition) is 1. The molecule has 0 fully saturated rings. The van der Waals surface area contributed by atoms with E-state index in [-0.39, 0.29) is 6.04 Å². The topological polar surface area (TPSA) is 44.5 Å². The summed E-state index contributed by atoms with van der Waals surface area (Å²) < 4.78 is 10.6. The standard InChI is InChI=1S/C10H13NO2/c1-7(11)4-8-5-9-2-3-10(8)13-6-12-9/h2-3,5,7H,4,6,11H2,1H3. The molecule has 3 nitrogen and oxygen atoms in total. The fourth-order valence-corrected chi connectivity index (χ4v) is 1.45. The van der Waals surface area contributed by atoms with Crippen molar-refractivity contribution in [3.05, 3.63) is 23.8 Å². The predicted octanol–water partition coefficient (Wildman–Crippen LogP) is 1.31. The van der Waals surface area contributed by atoms with Gasteiger partial charge in [0.2, 0.25) is 6.79 Å². The average molecular weight is 179 g/mol. The Morgan fingerprint density at radius 1 is 1.46 bits per heavy atom. The highest BCUT2D eigenvalue weighted by molar-refractivity contribution is 5.41. The van der Waals surface area contributed by atoms with Gasteiger partial charge in [0, 0.05) is 6.04 Å². The molecule has 1 atom stereocenters. The molecule has 0 aromatic heterocycles. The quantitative estimate of drug-likeness (QED) is 0.744. The van der Waals surface area contributed by atoms with E-state index in [1.807, 2.05) is 25.1 Å². The smallest absolute Gasteiger partial charge is 0.230 e. The van der Waals surface area contributed by atoms with Gasteiger partial charge in [-0.05, 0) is 37.1 Å². The van der Waals surface area contributed by atoms with Crippen molar-refractivity contribution in [2.45, 2.75) is 19.4 Å². The molecule has 2 N–H and O–H groups in total. The minimum atomic E-state index is 0.149. The lowest BCUT2D eigenvalue weighted by molar-refractivity contribution is 0.126. The molecule has 2 aliphatic rings. The van der Waals surface area contributed by atoms with Crippen LogP contribution in [0.3, 0.4) is 0 Å². The summed E-state index contributed by atoms with van der Waals surface area (Å²) in [6, 6.07) is 5.98. The molecule has 0 saturated carbocycles. The third-order valence-corrected chi connectivity index (χ3v) is 2.01. The summed E-state index contributed by atoms with van der Waals surface area (Å²) in [5, 5.41) is 0. The lowest BCUT2D eigenvalue weighted by Gasteiger charge is -2.07. The van der Waals surface area contributed by atoms with Gasteiger partial charge >= 0.3 is 0 Å². The van der Waals surface area contributed by atoms with Crippen LogP contribution in [0.1, 0.15) is 12.5 Å². The van der Waals surface area contributed by atoms with E-state index in [0.717, 1.165) is 23.5 Å². The molecule has 1 aromatic rings. The first-order valence-corrected chi connectivity index (χ1v) is 4.40. The van der Waals surface area contributed by atoms with Crippen LogP contribution in [-0.2, 0) is 6.42 Å². The van der Waals surface area contributed by atoms with Crippen molar-refractivity contribution in [2.24, 2.45) is 5.73 Å². The number of fused-ring (bicyclic) bond motifs is 4. The molecule has 2 aliphatic heterocycles. The zero-order valence-corrected chi connectivity index (χ0v) is 7.62. The second-order valence-electron chi connectivity index (χ2n) is 3.36. The number of nitrogens with two attached hydrogens (primary N) is 1. The molecule has 0 radical (unpaired) electrons.